The Hall–Kier alpha value is -1.66. The van der Waals surface area contributed by atoms with Gasteiger partial charge in [-0.2, -0.15) is 0 Å². The third kappa shape index (κ3) is 53.7. The van der Waals surface area contributed by atoms with E-state index in [4.69, 9.17) is 4.74 Å². The first kappa shape index (κ1) is 66.3. The van der Waals surface area contributed by atoms with Gasteiger partial charge in [0.05, 0.1) is 25.4 Å². The molecular formula is C62H119NO5. The number of carbonyl (C=O) groups is 2. The van der Waals surface area contributed by atoms with Crippen LogP contribution in [0.2, 0.25) is 0 Å². The summed E-state index contributed by atoms with van der Waals surface area (Å²) >= 11 is 0. The highest BCUT2D eigenvalue weighted by Gasteiger charge is 2.18. The van der Waals surface area contributed by atoms with Gasteiger partial charge in [0, 0.05) is 12.8 Å². The van der Waals surface area contributed by atoms with Gasteiger partial charge in [-0.3, -0.25) is 9.59 Å². The van der Waals surface area contributed by atoms with Crippen LogP contribution >= 0.6 is 0 Å². The average Bonchev–Trinajstić information content (AvgIpc) is 3.34. The number of unbranched alkanes of at least 4 members (excludes halogenated alkanes) is 44. The Kier molecular flexibility index (Phi) is 56.5. The van der Waals surface area contributed by atoms with Crippen LogP contribution in [0.5, 0.6) is 0 Å². The van der Waals surface area contributed by atoms with Crippen LogP contribution in [0, 0.1) is 0 Å². The summed E-state index contributed by atoms with van der Waals surface area (Å²) in [7, 11) is 0. The molecule has 3 N–H and O–H groups in total. The van der Waals surface area contributed by atoms with Gasteiger partial charge in [0.25, 0.3) is 0 Å². The standard InChI is InChI=1S/C62H119NO5/c1-3-5-7-9-11-13-15-17-27-30-34-38-42-46-50-54-60(65)59(58-64)63-61(66)55-51-47-43-39-35-31-28-25-23-21-19-20-22-24-26-29-33-37-41-45-49-53-57-68-62(67)56-52-48-44-40-36-32-18-16-14-12-10-8-6-4-2/h21,23,50,54,59-60,64-65H,3-20,22,24-49,51-53,55-58H2,1-2H3,(H,63,66)/b23-21-,54-50+. The van der Waals surface area contributed by atoms with E-state index < -0.39 is 12.1 Å². The van der Waals surface area contributed by atoms with Crippen molar-refractivity contribution in [3.05, 3.63) is 24.3 Å². The molecule has 0 aromatic heterocycles. The minimum absolute atomic E-state index is 0.0119. The highest BCUT2D eigenvalue weighted by Crippen LogP contribution is 2.17. The average molecular weight is 959 g/mol. The Balaban J connectivity index is 3.43. The maximum atomic E-state index is 12.5. The molecule has 0 spiro atoms. The van der Waals surface area contributed by atoms with Crippen LogP contribution in [0.4, 0.5) is 0 Å². The summed E-state index contributed by atoms with van der Waals surface area (Å²) in [5.41, 5.74) is 0. The van der Waals surface area contributed by atoms with Gasteiger partial charge in [-0.05, 0) is 57.8 Å². The lowest BCUT2D eigenvalue weighted by molar-refractivity contribution is -0.143. The number of allylic oxidation sites excluding steroid dienone is 3. The van der Waals surface area contributed by atoms with E-state index >= 15 is 0 Å². The minimum Gasteiger partial charge on any atom is -0.466 e. The van der Waals surface area contributed by atoms with Crippen LogP contribution in [0.15, 0.2) is 24.3 Å². The quantitative estimate of drug-likeness (QED) is 0.0321. The fraction of sp³-hybridized carbons (Fsp3) is 0.903. The second-order valence-electron chi connectivity index (χ2n) is 21.0. The zero-order valence-corrected chi connectivity index (χ0v) is 45.9. The number of nitrogens with one attached hydrogen (secondary N) is 1. The molecule has 0 fully saturated rings. The molecule has 2 unspecified atom stereocenters. The largest absolute Gasteiger partial charge is 0.466 e. The van der Waals surface area contributed by atoms with Gasteiger partial charge < -0.3 is 20.3 Å². The topological polar surface area (TPSA) is 95.9 Å². The summed E-state index contributed by atoms with van der Waals surface area (Å²) in [6.07, 6.45) is 70.7. The SMILES string of the molecule is CCCCCCCCCCCCCCC/C=C/C(O)C(CO)NC(=O)CCCCCCCCC/C=C\CCCCCCCCCCCCCOC(=O)CCCCCCCCCCCCCCCC. The van der Waals surface area contributed by atoms with Crippen LogP contribution < -0.4 is 5.32 Å². The molecule has 0 aromatic rings. The number of esters is 1. The van der Waals surface area contributed by atoms with Crippen LogP contribution in [0.25, 0.3) is 0 Å². The summed E-state index contributed by atoms with van der Waals surface area (Å²) in [4.78, 5) is 24.5. The third-order valence-corrected chi connectivity index (χ3v) is 14.2. The van der Waals surface area contributed by atoms with Crippen molar-refractivity contribution in [2.75, 3.05) is 13.2 Å². The molecule has 0 bridgehead atoms. The van der Waals surface area contributed by atoms with Gasteiger partial charge in [0.1, 0.15) is 0 Å². The Morgan fingerprint density at radius 2 is 0.691 bits per heavy atom. The Bertz CT molecular complexity index is 1060. The number of ether oxygens (including phenoxy) is 1. The normalized spacial score (nSPS) is 12.7. The van der Waals surface area contributed by atoms with E-state index in [0.29, 0.717) is 19.4 Å². The first-order valence-corrected chi connectivity index (χ1v) is 30.6. The van der Waals surface area contributed by atoms with Crippen LogP contribution in [0.3, 0.4) is 0 Å². The molecule has 6 nitrogen and oxygen atoms in total. The number of carbonyl (C=O) groups excluding carboxylic acids is 2. The predicted octanol–water partition coefficient (Wildman–Crippen LogP) is 19.0. The molecule has 0 radical (unpaired) electrons. The van der Waals surface area contributed by atoms with Gasteiger partial charge in [-0.15, -0.1) is 0 Å². The highest BCUT2D eigenvalue weighted by molar-refractivity contribution is 5.76. The molecule has 0 aliphatic carbocycles. The monoisotopic (exact) mass is 958 g/mol. The van der Waals surface area contributed by atoms with Crippen LogP contribution in [0.1, 0.15) is 335 Å². The molecule has 68 heavy (non-hydrogen) atoms. The van der Waals surface area contributed by atoms with Crippen molar-refractivity contribution < 1.29 is 24.5 Å². The maximum Gasteiger partial charge on any atom is 0.305 e. The van der Waals surface area contributed by atoms with Gasteiger partial charge in [0.2, 0.25) is 5.91 Å². The van der Waals surface area contributed by atoms with Gasteiger partial charge >= 0.3 is 5.97 Å². The van der Waals surface area contributed by atoms with E-state index in [1.54, 1.807) is 6.08 Å². The second-order valence-corrected chi connectivity index (χ2v) is 21.0. The molecule has 402 valence electrons. The zero-order valence-electron chi connectivity index (χ0n) is 45.9. The lowest BCUT2D eigenvalue weighted by Crippen LogP contribution is -2.45. The van der Waals surface area contributed by atoms with E-state index in [1.165, 1.54) is 263 Å². The summed E-state index contributed by atoms with van der Waals surface area (Å²) in [6.45, 7) is 4.92. The molecule has 0 saturated carbocycles. The van der Waals surface area contributed by atoms with Crippen LogP contribution in [-0.2, 0) is 14.3 Å². The second kappa shape index (κ2) is 57.9. The van der Waals surface area contributed by atoms with E-state index in [0.717, 1.165) is 44.9 Å². The molecule has 0 aliphatic heterocycles. The number of amides is 1. The lowest BCUT2D eigenvalue weighted by atomic mass is 10.0. The first-order chi connectivity index (χ1) is 33.5. The van der Waals surface area contributed by atoms with Gasteiger partial charge in [0.15, 0.2) is 0 Å². The summed E-state index contributed by atoms with van der Waals surface area (Å²) in [5.74, 6) is -0.0616. The molecule has 0 heterocycles. The van der Waals surface area contributed by atoms with E-state index in [9.17, 15) is 19.8 Å². The molecule has 6 heteroatoms. The Labute approximate surface area is 424 Å². The van der Waals surface area contributed by atoms with Crippen molar-refractivity contribution in [3.8, 4) is 0 Å². The molecular weight excluding hydrogens is 839 g/mol. The minimum atomic E-state index is -0.848. The Morgan fingerprint density at radius 3 is 1.04 bits per heavy atom. The van der Waals surface area contributed by atoms with Crippen molar-refractivity contribution in [2.24, 2.45) is 0 Å². The number of aliphatic hydroxyl groups is 2. The van der Waals surface area contributed by atoms with Crippen molar-refractivity contribution in [3.63, 3.8) is 0 Å². The maximum absolute atomic E-state index is 12.5. The van der Waals surface area contributed by atoms with E-state index in [2.05, 4.69) is 31.3 Å². The van der Waals surface area contributed by atoms with Crippen molar-refractivity contribution in [1.29, 1.82) is 0 Å². The molecule has 0 saturated heterocycles. The molecule has 0 rings (SSSR count). The summed E-state index contributed by atoms with van der Waals surface area (Å²) in [5, 5.41) is 23.1. The lowest BCUT2D eigenvalue weighted by Gasteiger charge is -2.20. The van der Waals surface area contributed by atoms with E-state index in [1.807, 2.05) is 6.08 Å². The highest BCUT2D eigenvalue weighted by atomic mass is 16.5. The Morgan fingerprint density at radius 1 is 0.397 bits per heavy atom. The summed E-state index contributed by atoms with van der Waals surface area (Å²) < 4.78 is 5.48. The zero-order chi connectivity index (χ0) is 49.3. The van der Waals surface area contributed by atoms with Crippen molar-refractivity contribution in [2.45, 2.75) is 347 Å². The van der Waals surface area contributed by atoms with E-state index in [-0.39, 0.29) is 18.5 Å². The summed E-state index contributed by atoms with van der Waals surface area (Å²) in [6, 6.07) is -0.632. The van der Waals surface area contributed by atoms with Gasteiger partial charge in [-0.1, -0.05) is 289 Å². The third-order valence-electron chi connectivity index (χ3n) is 14.2. The number of rotatable bonds is 57. The smallest absolute Gasteiger partial charge is 0.305 e. The number of hydrogen-bond acceptors (Lipinski definition) is 5. The van der Waals surface area contributed by atoms with Crippen molar-refractivity contribution >= 4 is 11.9 Å². The molecule has 0 aliphatic rings. The fourth-order valence-corrected chi connectivity index (χ4v) is 9.51. The predicted molar refractivity (Wildman–Crippen MR) is 296 cm³/mol. The number of aliphatic hydroxyl groups excluding tert-OH is 2. The first-order valence-electron chi connectivity index (χ1n) is 30.6. The number of hydrogen-bond donors (Lipinski definition) is 3. The van der Waals surface area contributed by atoms with Crippen molar-refractivity contribution in [1.82, 2.24) is 5.32 Å². The van der Waals surface area contributed by atoms with Gasteiger partial charge in [-0.25, -0.2) is 0 Å². The molecule has 2 atom stereocenters. The molecule has 0 aromatic carbocycles. The fourth-order valence-electron chi connectivity index (χ4n) is 9.51. The van der Waals surface area contributed by atoms with Crippen LogP contribution in [-0.4, -0.2) is 47.4 Å². The molecule has 1 amide bonds.